The van der Waals surface area contributed by atoms with E-state index in [1.165, 1.54) is 29.5 Å². The van der Waals surface area contributed by atoms with E-state index in [0.717, 1.165) is 11.5 Å². The van der Waals surface area contributed by atoms with Crippen molar-refractivity contribution in [1.29, 1.82) is 0 Å². The molecule has 2 nitrogen and oxygen atoms in total. The van der Waals surface area contributed by atoms with Crippen molar-refractivity contribution >= 4 is 11.8 Å². The number of likely N-dealkylation sites (N-methyl/N-ethyl adjacent to an activating group) is 1. The molecule has 0 heterocycles. The molecule has 0 amide bonds. The van der Waals surface area contributed by atoms with Crippen LogP contribution < -0.4 is 5.32 Å². The number of thioether (sulfide) groups is 1. The molecule has 1 aliphatic carbocycles. The zero-order valence-corrected chi connectivity index (χ0v) is 13.0. The van der Waals surface area contributed by atoms with Crippen LogP contribution in [0.2, 0.25) is 0 Å². The molecule has 0 spiro atoms. The van der Waals surface area contributed by atoms with E-state index in [-0.39, 0.29) is 12.1 Å². The highest BCUT2D eigenvalue weighted by molar-refractivity contribution is 7.98. The molecule has 2 rings (SSSR count). The van der Waals surface area contributed by atoms with E-state index in [2.05, 4.69) is 37.4 Å². The highest BCUT2D eigenvalue weighted by Crippen LogP contribution is 2.41. The van der Waals surface area contributed by atoms with Crippen molar-refractivity contribution in [2.75, 3.05) is 19.4 Å². The molecule has 0 saturated heterocycles. The lowest BCUT2D eigenvalue weighted by Crippen LogP contribution is -2.51. The molecule has 0 radical (unpaired) electrons. The van der Waals surface area contributed by atoms with Gasteiger partial charge in [-0.05, 0) is 45.2 Å². The molecule has 19 heavy (non-hydrogen) atoms. The Bertz CT molecular complexity index is 405. The Morgan fingerprint density at radius 1 is 1.26 bits per heavy atom. The van der Waals surface area contributed by atoms with Gasteiger partial charge >= 0.3 is 0 Å². The molecule has 0 bridgehead atoms. The van der Waals surface area contributed by atoms with Gasteiger partial charge in [0.05, 0.1) is 12.1 Å². The van der Waals surface area contributed by atoms with E-state index in [1.54, 1.807) is 0 Å². The van der Waals surface area contributed by atoms with Gasteiger partial charge in [-0.25, -0.2) is 0 Å². The summed E-state index contributed by atoms with van der Waals surface area (Å²) in [4.78, 5) is 0. The number of nitrogens with one attached hydrogen (secondary N) is 1. The van der Waals surface area contributed by atoms with Gasteiger partial charge in [-0.3, -0.25) is 0 Å². The van der Waals surface area contributed by atoms with Crippen molar-refractivity contribution in [1.82, 2.24) is 5.32 Å². The number of aliphatic hydroxyl groups excluding tert-OH is 1. The Balaban J connectivity index is 1.91. The monoisotopic (exact) mass is 279 g/mol. The van der Waals surface area contributed by atoms with Gasteiger partial charge in [0.15, 0.2) is 0 Å². The molecule has 0 aliphatic heterocycles. The van der Waals surface area contributed by atoms with Gasteiger partial charge in [0, 0.05) is 11.5 Å². The number of aliphatic hydroxyl groups is 1. The largest absolute Gasteiger partial charge is 0.394 e. The maximum absolute atomic E-state index is 9.70. The second-order valence-electron chi connectivity index (χ2n) is 5.83. The number of benzene rings is 1. The Morgan fingerprint density at radius 3 is 2.37 bits per heavy atom. The van der Waals surface area contributed by atoms with Crippen LogP contribution in [0.1, 0.15) is 29.5 Å². The molecule has 1 aromatic rings. The van der Waals surface area contributed by atoms with Crippen molar-refractivity contribution < 1.29 is 5.11 Å². The summed E-state index contributed by atoms with van der Waals surface area (Å²) in [5, 5.41) is 13.1. The molecule has 1 aliphatic rings. The fraction of sp³-hybridized carbons (Fsp3) is 0.625. The Hall–Kier alpha value is -0.510. The molecule has 1 fully saturated rings. The van der Waals surface area contributed by atoms with Gasteiger partial charge < -0.3 is 10.4 Å². The van der Waals surface area contributed by atoms with Crippen LogP contribution in [0.5, 0.6) is 0 Å². The first-order chi connectivity index (χ1) is 9.09. The van der Waals surface area contributed by atoms with Crippen LogP contribution >= 0.6 is 11.8 Å². The molecule has 2 N–H and O–H groups in total. The average molecular weight is 279 g/mol. The number of rotatable bonds is 7. The highest BCUT2D eigenvalue weighted by atomic mass is 32.2. The lowest BCUT2D eigenvalue weighted by Gasteiger charge is -2.31. The minimum Gasteiger partial charge on any atom is -0.394 e. The van der Waals surface area contributed by atoms with Crippen LogP contribution in [0, 0.1) is 19.8 Å². The van der Waals surface area contributed by atoms with E-state index in [4.69, 9.17) is 0 Å². The first-order valence-electron chi connectivity index (χ1n) is 7.04. The third-order valence-electron chi connectivity index (χ3n) is 4.05. The first kappa shape index (κ1) is 14.9. The van der Waals surface area contributed by atoms with Gasteiger partial charge in [-0.2, -0.15) is 11.8 Å². The van der Waals surface area contributed by atoms with E-state index in [9.17, 15) is 5.11 Å². The van der Waals surface area contributed by atoms with Crippen LogP contribution in [0.4, 0.5) is 0 Å². The topological polar surface area (TPSA) is 32.3 Å². The Morgan fingerprint density at radius 2 is 1.89 bits per heavy atom. The summed E-state index contributed by atoms with van der Waals surface area (Å²) >= 11 is 1.93. The maximum atomic E-state index is 9.70. The summed E-state index contributed by atoms with van der Waals surface area (Å²) in [7, 11) is 1.98. The SMILES string of the molecule is CNC(CO)(CSCc1cc(C)cc(C)c1)C1CC1. The van der Waals surface area contributed by atoms with E-state index in [0.29, 0.717) is 5.92 Å². The Kier molecular flexibility index (Phi) is 4.93. The number of aryl methyl sites for hydroxylation is 2. The third kappa shape index (κ3) is 3.74. The molecule has 106 valence electrons. The lowest BCUT2D eigenvalue weighted by molar-refractivity contribution is 0.167. The predicted molar refractivity (Wildman–Crippen MR) is 83.7 cm³/mol. The predicted octanol–water partition coefficient (Wildman–Crippen LogP) is 2.90. The summed E-state index contributed by atoms with van der Waals surface area (Å²) in [6.45, 7) is 4.54. The van der Waals surface area contributed by atoms with Crippen molar-refractivity contribution in [3.05, 3.63) is 34.9 Å². The second-order valence-corrected chi connectivity index (χ2v) is 6.81. The molecule has 1 atom stereocenters. The number of hydrogen-bond acceptors (Lipinski definition) is 3. The number of hydrogen-bond donors (Lipinski definition) is 2. The summed E-state index contributed by atoms with van der Waals surface area (Å²) < 4.78 is 0. The maximum Gasteiger partial charge on any atom is 0.0624 e. The van der Waals surface area contributed by atoms with Crippen LogP contribution in [0.3, 0.4) is 0 Å². The normalized spacial score (nSPS) is 18.3. The molecule has 1 aromatic carbocycles. The molecular weight excluding hydrogens is 254 g/mol. The molecule has 1 unspecified atom stereocenters. The van der Waals surface area contributed by atoms with E-state index >= 15 is 0 Å². The Labute approximate surface area is 121 Å². The van der Waals surface area contributed by atoms with Gasteiger partial charge in [-0.1, -0.05) is 29.3 Å². The molecule has 0 aromatic heterocycles. The highest BCUT2D eigenvalue weighted by Gasteiger charge is 2.43. The first-order valence-corrected chi connectivity index (χ1v) is 8.20. The van der Waals surface area contributed by atoms with Gasteiger partial charge in [0.25, 0.3) is 0 Å². The summed E-state index contributed by atoms with van der Waals surface area (Å²) in [6.07, 6.45) is 2.51. The van der Waals surface area contributed by atoms with Crippen LogP contribution in [-0.2, 0) is 5.75 Å². The molecule has 3 heteroatoms. The van der Waals surface area contributed by atoms with Crippen molar-refractivity contribution in [2.24, 2.45) is 5.92 Å². The zero-order valence-electron chi connectivity index (χ0n) is 12.2. The van der Waals surface area contributed by atoms with Crippen LogP contribution in [-0.4, -0.2) is 30.1 Å². The van der Waals surface area contributed by atoms with Crippen molar-refractivity contribution in [3.63, 3.8) is 0 Å². The van der Waals surface area contributed by atoms with Crippen molar-refractivity contribution in [2.45, 2.75) is 38.0 Å². The van der Waals surface area contributed by atoms with Gasteiger partial charge in [0.2, 0.25) is 0 Å². The van der Waals surface area contributed by atoms with Crippen LogP contribution in [0.15, 0.2) is 18.2 Å². The van der Waals surface area contributed by atoms with E-state index in [1.807, 2.05) is 18.8 Å². The third-order valence-corrected chi connectivity index (χ3v) is 5.31. The van der Waals surface area contributed by atoms with Crippen molar-refractivity contribution in [3.8, 4) is 0 Å². The molecule has 1 saturated carbocycles. The average Bonchev–Trinajstić information content (AvgIpc) is 3.18. The molecular formula is C16H25NOS. The summed E-state index contributed by atoms with van der Waals surface area (Å²) in [6, 6.07) is 6.73. The summed E-state index contributed by atoms with van der Waals surface area (Å²) in [5.74, 6) is 2.67. The van der Waals surface area contributed by atoms with E-state index < -0.39 is 0 Å². The smallest absolute Gasteiger partial charge is 0.0624 e. The zero-order chi connectivity index (χ0) is 13.9. The van der Waals surface area contributed by atoms with Crippen LogP contribution in [0.25, 0.3) is 0 Å². The minimum absolute atomic E-state index is 0.0659. The lowest BCUT2D eigenvalue weighted by atomic mass is 9.97. The van der Waals surface area contributed by atoms with Gasteiger partial charge in [-0.15, -0.1) is 0 Å². The standard InChI is InChI=1S/C16H25NOS/c1-12-6-13(2)8-14(7-12)9-19-11-16(10-18,17-3)15-4-5-15/h6-8,15,17-18H,4-5,9-11H2,1-3H3. The second kappa shape index (κ2) is 6.29. The fourth-order valence-electron chi connectivity index (χ4n) is 2.79. The minimum atomic E-state index is -0.0659. The quantitative estimate of drug-likeness (QED) is 0.805. The van der Waals surface area contributed by atoms with Gasteiger partial charge in [0.1, 0.15) is 0 Å². The fourth-order valence-corrected chi connectivity index (χ4v) is 4.13. The summed E-state index contributed by atoms with van der Waals surface area (Å²) in [5.41, 5.74) is 3.99.